The first-order valence-electron chi connectivity index (χ1n) is 9.19. The summed E-state index contributed by atoms with van der Waals surface area (Å²) in [6, 6.07) is 22.2. The number of nitrogens with one attached hydrogen (secondary N) is 2. The van der Waals surface area contributed by atoms with Gasteiger partial charge in [0.05, 0.1) is 12.5 Å². The predicted molar refractivity (Wildman–Crippen MR) is 128 cm³/mol. The number of aryl methyl sites for hydroxylation is 1. The van der Waals surface area contributed by atoms with E-state index >= 15 is 0 Å². The highest BCUT2D eigenvalue weighted by Gasteiger charge is 2.07. The quantitative estimate of drug-likeness (QED) is 0.403. The highest BCUT2D eigenvalue weighted by Crippen LogP contribution is 2.25. The van der Waals surface area contributed by atoms with Gasteiger partial charge in [-0.2, -0.15) is 16.8 Å². The minimum Gasteiger partial charge on any atom is -0.340 e. The summed E-state index contributed by atoms with van der Waals surface area (Å²) >= 11 is 0. The summed E-state index contributed by atoms with van der Waals surface area (Å²) in [5.41, 5.74) is 4.42. The Morgan fingerprint density at radius 2 is 1.09 bits per heavy atom. The molecule has 9 nitrogen and oxygen atoms in total. The number of hydrogen-bond donors (Lipinski definition) is 4. The number of hydrogen-bond acceptors (Lipinski definition) is 7. The van der Waals surface area contributed by atoms with Crippen LogP contribution < -0.4 is 10.6 Å². The van der Waals surface area contributed by atoms with Gasteiger partial charge in [-0.05, 0) is 55.3 Å². The van der Waals surface area contributed by atoms with Gasteiger partial charge in [-0.25, -0.2) is 4.98 Å². The van der Waals surface area contributed by atoms with Crippen LogP contribution >= 0.6 is 0 Å². The van der Waals surface area contributed by atoms with Crippen LogP contribution in [-0.4, -0.2) is 43.4 Å². The van der Waals surface area contributed by atoms with Gasteiger partial charge in [-0.3, -0.25) is 9.11 Å². The Kier molecular flexibility index (Phi) is 10.3. The Hall–Kier alpha value is -2.99. The van der Waals surface area contributed by atoms with Crippen LogP contribution in [0.25, 0.3) is 0 Å². The second-order valence-corrected chi connectivity index (χ2v) is 9.68. The minimum atomic E-state index is -3.67. The van der Waals surface area contributed by atoms with Crippen LogP contribution in [0.4, 0.5) is 23.0 Å². The van der Waals surface area contributed by atoms with Gasteiger partial charge in [0, 0.05) is 11.4 Å². The maximum atomic E-state index is 9.19. The van der Waals surface area contributed by atoms with Crippen molar-refractivity contribution in [1.82, 2.24) is 4.98 Å². The molecule has 0 saturated heterocycles. The largest absolute Gasteiger partial charge is 0.340 e. The molecule has 0 atom stereocenters. The van der Waals surface area contributed by atoms with Crippen LogP contribution in [0, 0.1) is 13.8 Å². The molecular weight excluding hydrogens is 454 g/mol. The van der Waals surface area contributed by atoms with Crippen molar-refractivity contribution in [2.75, 3.05) is 23.1 Å². The van der Waals surface area contributed by atoms with E-state index in [1.807, 2.05) is 60.7 Å². The van der Waals surface area contributed by atoms with Crippen molar-refractivity contribution in [3.63, 3.8) is 0 Å². The lowest BCUT2D eigenvalue weighted by atomic mass is 10.1. The molecule has 4 N–H and O–H groups in total. The molecule has 0 bridgehead atoms. The molecule has 0 spiro atoms. The molecular formula is C21H27N3O6S2. The van der Waals surface area contributed by atoms with E-state index in [0.717, 1.165) is 28.6 Å². The highest BCUT2D eigenvalue weighted by atomic mass is 32.2. The molecule has 2 aromatic carbocycles. The van der Waals surface area contributed by atoms with Gasteiger partial charge in [0.15, 0.2) is 0 Å². The van der Waals surface area contributed by atoms with Crippen molar-refractivity contribution in [2.45, 2.75) is 13.8 Å². The van der Waals surface area contributed by atoms with E-state index in [1.165, 1.54) is 5.56 Å². The summed E-state index contributed by atoms with van der Waals surface area (Å²) < 4.78 is 51.7. The Labute approximate surface area is 189 Å². The lowest BCUT2D eigenvalue weighted by Crippen LogP contribution is -2.02. The fourth-order valence-corrected chi connectivity index (χ4v) is 2.25. The molecule has 0 saturated carbocycles. The molecule has 0 amide bonds. The molecule has 0 aliphatic rings. The van der Waals surface area contributed by atoms with Crippen LogP contribution in [0.5, 0.6) is 0 Å². The molecule has 1 aromatic heterocycles. The first-order chi connectivity index (χ1) is 14.7. The van der Waals surface area contributed by atoms with Crippen molar-refractivity contribution in [2.24, 2.45) is 0 Å². The van der Waals surface area contributed by atoms with E-state index in [0.29, 0.717) is 12.5 Å². The van der Waals surface area contributed by atoms with Crippen LogP contribution in [0.2, 0.25) is 0 Å². The maximum absolute atomic E-state index is 9.19. The Bertz CT molecular complexity index is 1160. The molecule has 0 aliphatic heterocycles. The summed E-state index contributed by atoms with van der Waals surface area (Å²) in [4.78, 5) is 4.70. The van der Waals surface area contributed by atoms with Crippen LogP contribution in [0.3, 0.4) is 0 Å². The Morgan fingerprint density at radius 3 is 1.50 bits per heavy atom. The maximum Gasteiger partial charge on any atom is 0.261 e. The zero-order chi connectivity index (χ0) is 24.4. The smallest absolute Gasteiger partial charge is 0.261 e. The molecule has 0 fully saturated rings. The number of benzene rings is 2. The molecule has 11 heteroatoms. The van der Waals surface area contributed by atoms with Gasteiger partial charge in [0.25, 0.3) is 20.2 Å². The van der Waals surface area contributed by atoms with Crippen molar-refractivity contribution >= 4 is 43.2 Å². The molecule has 3 rings (SSSR count). The van der Waals surface area contributed by atoms with Gasteiger partial charge in [0.2, 0.25) is 0 Å². The third kappa shape index (κ3) is 13.3. The number of anilines is 4. The number of pyridine rings is 1. The number of rotatable bonds is 4. The summed E-state index contributed by atoms with van der Waals surface area (Å²) in [7, 11) is -7.33. The Balaban J connectivity index is 0.000000431. The van der Waals surface area contributed by atoms with E-state index in [9.17, 15) is 16.8 Å². The first-order valence-corrected chi connectivity index (χ1v) is 12.9. The van der Waals surface area contributed by atoms with E-state index in [4.69, 9.17) is 14.1 Å². The zero-order valence-corrected chi connectivity index (χ0v) is 19.8. The van der Waals surface area contributed by atoms with Gasteiger partial charge in [-0.15, -0.1) is 0 Å². The summed E-state index contributed by atoms with van der Waals surface area (Å²) in [5, 5.41) is 6.74. The second kappa shape index (κ2) is 12.2. The normalized spacial score (nSPS) is 10.7. The van der Waals surface area contributed by atoms with Crippen LogP contribution in [0.15, 0.2) is 66.7 Å². The van der Waals surface area contributed by atoms with Crippen molar-refractivity contribution in [3.8, 4) is 0 Å². The van der Waals surface area contributed by atoms with E-state index < -0.39 is 20.2 Å². The summed E-state index contributed by atoms with van der Waals surface area (Å²) in [5.74, 6) is 1.72. The van der Waals surface area contributed by atoms with Crippen LogP contribution in [0.1, 0.15) is 11.1 Å². The average Bonchev–Trinajstić information content (AvgIpc) is 2.65. The average molecular weight is 482 g/mol. The van der Waals surface area contributed by atoms with E-state index in [1.54, 1.807) is 0 Å². The molecule has 0 unspecified atom stereocenters. The van der Waals surface area contributed by atoms with Crippen LogP contribution in [-0.2, 0) is 20.2 Å². The first kappa shape index (κ1) is 27.0. The van der Waals surface area contributed by atoms with E-state index in [-0.39, 0.29) is 0 Å². The minimum absolute atomic E-state index is 0.715. The van der Waals surface area contributed by atoms with E-state index in [2.05, 4.69) is 30.5 Å². The fraction of sp³-hybridized carbons (Fsp3) is 0.190. The monoisotopic (exact) mass is 481 g/mol. The number of aromatic nitrogens is 1. The zero-order valence-electron chi connectivity index (χ0n) is 18.1. The van der Waals surface area contributed by atoms with Gasteiger partial charge in [0.1, 0.15) is 11.6 Å². The van der Waals surface area contributed by atoms with Gasteiger partial charge in [-0.1, -0.05) is 36.4 Å². The molecule has 32 heavy (non-hydrogen) atoms. The SMILES string of the molecule is CS(=O)(=O)O.CS(=O)(=O)O.Cc1cc(Nc2ccccc2)nc(Nc2ccccc2)c1C. The molecule has 174 valence electrons. The molecule has 3 aromatic rings. The lowest BCUT2D eigenvalue weighted by molar-refractivity contribution is 0.488. The number of nitrogens with zero attached hydrogens (tertiary/aromatic N) is 1. The summed E-state index contributed by atoms with van der Waals surface area (Å²) in [6.45, 7) is 4.18. The Morgan fingerprint density at radius 1 is 0.719 bits per heavy atom. The molecule has 1 heterocycles. The molecule has 0 aliphatic carbocycles. The standard InChI is InChI=1S/C19H19N3.2CH4O3S/c1-14-13-18(20-16-9-5-3-6-10-16)22-19(15(14)2)21-17-11-7-4-8-12-17;2*1-5(2,3)4/h3-13H,1-2H3,(H2,20,21,22);2*1H3,(H,2,3,4). The van der Waals surface area contributed by atoms with Crippen molar-refractivity contribution in [3.05, 3.63) is 77.9 Å². The fourth-order valence-electron chi connectivity index (χ4n) is 2.25. The predicted octanol–water partition coefficient (Wildman–Crippen LogP) is 4.19. The van der Waals surface area contributed by atoms with Gasteiger partial charge < -0.3 is 10.6 Å². The van der Waals surface area contributed by atoms with Crippen molar-refractivity contribution < 1.29 is 25.9 Å². The summed E-state index contributed by atoms with van der Waals surface area (Å²) in [6.07, 6.45) is 1.43. The lowest BCUT2D eigenvalue weighted by Gasteiger charge is -2.14. The highest BCUT2D eigenvalue weighted by molar-refractivity contribution is 7.85. The van der Waals surface area contributed by atoms with Crippen molar-refractivity contribution in [1.29, 1.82) is 0 Å². The van der Waals surface area contributed by atoms with Gasteiger partial charge >= 0.3 is 0 Å². The third-order valence-electron chi connectivity index (χ3n) is 3.61. The number of para-hydroxylation sites is 2. The topological polar surface area (TPSA) is 146 Å². The second-order valence-electron chi connectivity index (χ2n) is 6.75. The third-order valence-corrected chi connectivity index (χ3v) is 3.61. The molecule has 0 radical (unpaired) electrons.